The molecule has 0 saturated carbocycles. The van der Waals surface area contributed by atoms with E-state index in [4.69, 9.17) is 14.5 Å². The number of hydrogen-bond donors (Lipinski definition) is 0. The van der Waals surface area contributed by atoms with Crippen molar-refractivity contribution in [3.63, 3.8) is 0 Å². The third-order valence-corrected chi connectivity index (χ3v) is 5.70. The highest BCUT2D eigenvalue weighted by atomic mass is 32.1. The second kappa shape index (κ2) is 7.97. The van der Waals surface area contributed by atoms with Crippen LogP contribution in [0.2, 0.25) is 0 Å². The number of methoxy groups -OCH3 is 2. The van der Waals surface area contributed by atoms with Gasteiger partial charge in [-0.2, -0.15) is 0 Å². The lowest BCUT2D eigenvalue weighted by Crippen LogP contribution is -2.28. The van der Waals surface area contributed by atoms with E-state index in [0.29, 0.717) is 0 Å². The third kappa shape index (κ3) is 3.69. The Bertz CT molecular complexity index is 1150. The van der Waals surface area contributed by atoms with Crippen LogP contribution in [0.15, 0.2) is 60.1 Å². The fourth-order valence-electron chi connectivity index (χ4n) is 3.17. The molecule has 7 heteroatoms. The Hall–Kier alpha value is -3.32. The van der Waals surface area contributed by atoms with Crippen LogP contribution in [-0.4, -0.2) is 36.6 Å². The maximum absolute atomic E-state index is 12.8. The molecule has 6 nitrogen and oxygen atoms in total. The van der Waals surface area contributed by atoms with Gasteiger partial charge in [0.05, 0.1) is 26.3 Å². The van der Waals surface area contributed by atoms with Crippen molar-refractivity contribution in [2.75, 3.05) is 26.2 Å². The topological polar surface area (TPSA) is 56.1 Å². The summed E-state index contributed by atoms with van der Waals surface area (Å²) in [6, 6.07) is 15.2. The van der Waals surface area contributed by atoms with Crippen LogP contribution in [0.3, 0.4) is 0 Å². The summed E-state index contributed by atoms with van der Waals surface area (Å²) in [4.78, 5) is 20.0. The molecule has 0 bridgehead atoms. The van der Waals surface area contributed by atoms with Gasteiger partial charge in [0.2, 0.25) is 5.91 Å². The number of imidazole rings is 1. The van der Waals surface area contributed by atoms with Crippen molar-refractivity contribution < 1.29 is 14.3 Å². The molecular formula is C22H21N3O3S. The summed E-state index contributed by atoms with van der Waals surface area (Å²) in [6.45, 7) is 0. The predicted octanol–water partition coefficient (Wildman–Crippen LogP) is 4.29. The highest BCUT2D eigenvalue weighted by Crippen LogP contribution is 2.34. The highest BCUT2D eigenvalue weighted by molar-refractivity contribution is 7.15. The zero-order valence-corrected chi connectivity index (χ0v) is 17.3. The molecule has 4 aromatic rings. The smallest absolute Gasteiger partial charge is 0.232 e. The average Bonchev–Trinajstić information content (AvgIpc) is 3.35. The first kappa shape index (κ1) is 19.0. The maximum Gasteiger partial charge on any atom is 0.232 e. The first-order valence-electron chi connectivity index (χ1n) is 9.10. The number of thiazole rings is 1. The van der Waals surface area contributed by atoms with Gasteiger partial charge >= 0.3 is 0 Å². The number of amides is 1. The molecule has 0 N–H and O–H groups in total. The number of carbonyl (C=O) groups excluding carboxylic acids is 1. The second-order valence-electron chi connectivity index (χ2n) is 6.54. The van der Waals surface area contributed by atoms with Gasteiger partial charge in [-0.1, -0.05) is 18.2 Å². The van der Waals surface area contributed by atoms with Gasteiger partial charge in [-0.3, -0.25) is 9.20 Å². The van der Waals surface area contributed by atoms with E-state index in [0.717, 1.165) is 39.1 Å². The van der Waals surface area contributed by atoms with Crippen molar-refractivity contribution in [3.05, 3.63) is 65.8 Å². The summed E-state index contributed by atoms with van der Waals surface area (Å²) in [5.74, 6) is 1.47. The zero-order valence-electron chi connectivity index (χ0n) is 16.5. The Labute approximate surface area is 172 Å². The van der Waals surface area contributed by atoms with Crippen LogP contribution in [0, 0.1) is 0 Å². The number of ether oxygens (including phenoxy) is 2. The lowest BCUT2D eigenvalue weighted by molar-refractivity contribution is -0.117. The summed E-state index contributed by atoms with van der Waals surface area (Å²) in [5.41, 5.74) is 3.40. The first-order chi connectivity index (χ1) is 14.1. The number of anilines is 1. The van der Waals surface area contributed by atoms with Crippen LogP contribution in [0.25, 0.3) is 16.2 Å². The summed E-state index contributed by atoms with van der Waals surface area (Å²) in [6.07, 6.45) is 2.23. The molecule has 0 unspecified atom stereocenters. The quantitative estimate of drug-likeness (QED) is 0.479. The summed E-state index contributed by atoms with van der Waals surface area (Å²) in [7, 11) is 5.05. The van der Waals surface area contributed by atoms with Crippen molar-refractivity contribution in [3.8, 4) is 22.8 Å². The van der Waals surface area contributed by atoms with Gasteiger partial charge in [0.1, 0.15) is 11.5 Å². The molecule has 4 rings (SSSR count). The van der Waals surface area contributed by atoms with Gasteiger partial charge in [0.15, 0.2) is 4.96 Å². The van der Waals surface area contributed by atoms with Gasteiger partial charge in [-0.05, 0) is 30.3 Å². The Kier molecular flexibility index (Phi) is 5.22. The Balaban J connectivity index is 1.64. The lowest BCUT2D eigenvalue weighted by Gasteiger charge is -2.16. The highest BCUT2D eigenvalue weighted by Gasteiger charge is 2.17. The number of likely N-dealkylation sites (N-methyl/N-ethyl adjacent to an activating group) is 1. The zero-order chi connectivity index (χ0) is 20.4. The van der Waals surface area contributed by atoms with E-state index in [1.54, 1.807) is 26.2 Å². The van der Waals surface area contributed by atoms with E-state index in [2.05, 4.69) is 0 Å². The molecule has 148 valence electrons. The normalized spacial score (nSPS) is 10.9. The fourth-order valence-corrected chi connectivity index (χ4v) is 4.04. The van der Waals surface area contributed by atoms with Crippen LogP contribution in [-0.2, 0) is 11.2 Å². The van der Waals surface area contributed by atoms with E-state index in [1.165, 1.54) is 11.3 Å². The minimum Gasteiger partial charge on any atom is -0.497 e. The SMILES string of the molecule is COc1ccc(OC)c(-c2cn3c(CC(=O)N(C)c4ccccc4)csc3n2)c1. The Morgan fingerprint density at radius 3 is 2.66 bits per heavy atom. The number of nitrogens with zero attached hydrogens (tertiary/aromatic N) is 3. The fraction of sp³-hybridized carbons (Fsp3) is 0.182. The van der Waals surface area contributed by atoms with Crippen LogP contribution < -0.4 is 14.4 Å². The maximum atomic E-state index is 12.8. The molecule has 29 heavy (non-hydrogen) atoms. The molecule has 2 aromatic carbocycles. The van der Waals surface area contributed by atoms with Crippen LogP contribution in [0.1, 0.15) is 5.69 Å². The van der Waals surface area contributed by atoms with E-state index >= 15 is 0 Å². The molecular weight excluding hydrogens is 386 g/mol. The van der Waals surface area contributed by atoms with Crippen LogP contribution >= 0.6 is 11.3 Å². The molecule has 0 saturated heterocycles. The largest absolute Gasteiger partial charge is 0.497 e. The van der Waals surface area contributed by atoms with Gasteiger partial charge in [0.25, 0.3) is 0 Å². The van der Waals surface area contributed by atoms with E-state index in [-0.39, 0.29) is 12.3 Å². The van der Waals surface area contributed by atoms with Crippen LogP contribution in [0.5, 0.6) is 11.5 Å². The van der Waals surface area contributed by atoms with Crippen molar-refractivity contribution in [2.45, 2.75) is 6.42 Å². The molecule has 1 amide bonds. The first-order valence-corrected chi connectivity index (χ1v) is 9.98. The van der Waals surface area contributed by atoms with Crippen molar-refractivity contribution in [1.82, 2.24) is 9.38 Å². The minimum atomic E-state index is 0.0186. The number of benzene rings is 2. The Morgan fingerprint density at radius 2 is 1.93 bits per heavy atom. The number of para-hydroxylation sites is 1. The standard InChI is InChI=1S/C22H21N3O3S/c1-24(15-7-5-4-6-8-15)21(26)11-16-14-29-22-23-19(13-25(16)22)18-12-17(27-2)9-10-20(18)28-3/h4-10,12-14H,11H2,1-3H3. The molecule has 0 aliphatic heterocycles. The second-order valence-corrected chi connectivity index (χ2v) is 7.37. The molecule has 0 aliphatic carbocycles. The molecule has 0 atom stereocenters. The van der Waals surface area contributed by atoms with E-state index < -0.39 is 0 Å². The molecule has 0 fully saturated rings. The van der Waals surface area contributed by atoms with Gasteiger partial charge in [-0.15, -0.1) is 11.3 Å². The number of aromatic nitrogens is 2. The summed E-state index contributed by atoms with van der Waals surface area (Å²) < 4.78 is 12.8. The molecule has 0 radical (unpaired) electrons. The van der Waals surface area contributed by atoms with Gasteiger partial charge in [0, 0.05) is 35.6 Å². The number of hydrogen-bond acceptors (Lipinski definition) is 5. The van der Waals surface area contributed by atoms with Crippen molar-refractivity contribution in [2.24, 2.45) is 0 Å². The molecule has 2 heterocycles. The average molecular weight is 407 g/mol. The Morgan fingerprint density at radius 1 is 1.14 bits per heavy atom. The summed E-state index contributed by atoms with van der Waals surface area (Å²) >= 11 is 1.51. The number of fused-ring (bicyclic) bond motifs is 1. The number of rotatable bonds is 6. The monoisotopic (exact) mass is 407 g/mol. The molecule has 0 spiro atoms. The predicted molar refractivity (Wildman–Crippen MR) is 115 cm³/mol. The van der Waals surface area contributed by atoms with Gasteiger partial charge in [-0.25, -0.2) is 4.98 Å². The molecule has 0 aliphatic rings. The van der Waals surface area contributed by atoms with E-state index in [9.17, 15) is 4.79 Å². The third-order valence-electron chi connectivity index (χ3n) is 4.82. The van der Waals surface area contributed by atoms with Crippen molar-refractivity contribution in [1.29, 1.82) is 0 Å². The number of carbonyl (C=O) groups is 1. The lowest BCUT2D eigenvalue weighted by atomic mass is 10.1. The van der Waals surface area contributed by atoms with Gasteiger partial charge < -0.3 is 14.4 Å². The van der Waals surface area contributed by atoms with E-state index in [1.807, 2.05) is 64.5 Å². The summed E-state index contributed by atoms with van der Waals surface area (Å²) in [5, 5.41) is 1.98. The van der Waals surface area contributed by atoms with Crippen molar-refractivity contribution >= 4 is 27.9 Å². The minimum absolute atomic E-state index is 0.0186. The molecule has 2 aromatic heterocycles. The van der Waals surface area contributed by atoms with Crippen LogP contribution in [0.4, 0.5) is 5.69 Å².